The zero-order chi connectivity index (χ0) is 12.8. The molecular weight excluding hydrogens is 218 g/mol. The van der Waals surface area contributed by atoms with E-state index in [4.69, 9.17) is 5.11 Å². The fraction of sp³-hybridized carbons (Fsp3) is 0.462. The Bertz CT molecular complexity index is 390. The molecule has 1 atom stereocenters. The fourth-order valence-corrected chi connectivity index (χ4v) is 1.41. The summed E-state index contributed by atoms with van der Waals surface area (Å²) in [6, 6.07) is 4.68. The lowest BCUT2D eigenvalue weighted by Crippen LogP contribution is -2.30. The summed E-state index contributed by atoms with van der Waals surface area (Å²) in [6.45, 7) is 4.40. The number of amides is 1. The Morgan fingerprint density at radius 2 is 2.06 bits per heavy atom. The highest BCUT2D eigenvalue weighted by Crippen LogP contribution is 2.24. The Hall–Kier alpha value is -1.71. The van der Waals surface area contributed by atoms with Gasteiger partial charge in [-0.25, -0.2) is 0 Å². The second kappa shape index (κ2) is 6.13. The van der Waals surface area contributed by atoms with Gasteiger partial charge in [0.2, 0.25) is 5.91 Å². The molecule has 0 fully saturated rings. The molecule has 4 nitrogen and oxygen atoms in total. The van der Waals surface area contributed by atoms with E-state index in [1.165, 1.54) is 12.1 Å². The molecule has 4 heteroatoms. The largest absolute Gasteiger partial charge is 0.504 e. The Morgan fingerprint density at radius 3 is 2.65 bits per heavy atom. The second-order valence-corrected chi connectivity index (χ2v) is 4.17. The molecule has 0 saturated carbocycles. The molecule has 1 unspecified atom stereocenters. The summed E-state index contributed by atoms with van der Waals surface area (Å²) in [6.07, 6.45) is 1.46. The van der Waals surface area contributed by atoms with Gasteiger partial charge in [0, 0.05) is 12.5 Å². The van der Waals surface area contributed by atoms with Crippen molar-refractivity contribution in [3.8, 4) is 11.5 Å². The highest BCUT2D eigenvalue weighted by atomic mass is 16.3. The standard InChI is InChI=1S/C13H19NO3/c1-3-9(2)13(17)14-7-6-10-4-5-11(15)12(16)8-10/h4-5,8-9,15-16H,3,6-7H2,1-2H3,(H,14,17). The van der Waals surface area contributed by atoms with Gasteiger partial charge in [0.1, 0.15) is 0 Å². The SMILES string of the molecule is CCC(C)C(=O)NCCc1ccc(O)c(O)c1. The van der Waals surface area contributed by atoms with Crippen LogP contribution in [0.3, 0.4) is 0 Å². The van der Waals surface area contributed by atoms with Crippen LogP contribution in [0.4, 0.5) is 0 Å². The maximum absolute atomic E-state index is 11.5. The van der Waals surface area contributed by atoms with E-state index in [-0.39, 0.29) is 23.3 Å². The Labute approximate surface area is 101 Å². The highest BCUT2D eigenvalue weighted by molar-refractivity contribution is 5.78. The van der Waals surface area contributed by atoms with Gasteiger partial charge in [0.05, 0.1) is 0 Å². The lowest BCUT2D eigenvalue weighted by Gasteiger charge is -2.10. The topological polar surface area (TPSA) is 69.6 Å². The van der Waals surface area contributed by atoms with Crippen LogP contribution in [-0.4, -0.2) is 22.7 Å². The predicted molar refractivity (Wildman–Crippen MR) is 65.9 cm³/mol. The molecule has 3 N–H and O–H groups in total. The van der Waals surface area contributed by atoms with Crippen LogP contribution in [-0.2, 0) is 11.2 Å². The van der Waals surface area contributed by atoms with Gasteiger partial charge in [-0.2, -0.15) is 0 Å². The summed E-state index contributed by atoms with van der Waals surface area (Å²) in [5.74, 6) is -0.174. The molecule has 0 heterocycles. The van der Waals surface area contributed by atoms with Crippen molar-refractivity contribution in [3.05, 3.63) is 23.8 Å². The van der Waals surface area contributed by atoms with E-state index in [9.17, 15) is 9.90 Å². The Kier molecular flexibility index (Phi) is 4.82. The normalized spacial score (nSPS) is 12.1. The maximum Gasteiger partial charge on any atom is 0.222 e. The summed E-state index contributed by atoms with van der Waals surface area (Å²) < 4.78 is 0. The molecule has 1 rings (SSSR count). The van der Waals surface area contributed by atoms with Gasteiger partial charge in [0.25, 0.3) is 0 Å². The van der Waals surface area contributed by atoms with E-state index in [0.29, 0.717) is 13.0 Å². The number of hydrogen-bond donors (Lipinski definition) is 3. The van der Waals surface area contributed by atoms with Gasteiger partial charge in [-0.05, 0) is 30.5 Å². The molecule has 1 aromatic carbocycles. The first-order chi connectivity index (χ1) is 8.04. The van der Waals surface area contributed by atoms with E-state index in [2.05, 4.69) is 5.32 Å². The molecule has 1 aromatic rings. The predicted octanol–water partition coefficient (Wildman–Crippen LogP) is 1.80. The summed E-state index contributed by atoms with van der Waals surface area (Å²) in [5, 5.41) is 21.3. The molecule has 0 bridgehead atoms. The van der Waals surface area contributed by atoms with Crippen molar-refractivity contribution in [2.75, 3.05) is 6.54 Å². The third-order valence-corrected chi connectivity index (χ3v) is 2.81. The number of phenols is 2. The average molecular weight is 237 g/mol. The molecule has 0 aliphatic rings. The monoisotopic (exact) mass is 237 g/mol. The van der Waals surface area contributed by atoms with E-state index >= 15 is 0 Å². The number of rotatable bonds is 5. The van der Waals surface area contributed by atoms with Crippen LogP contribution in [0, 0.1) is 5.92 Å². The number of phenolic OH excluding ortho intramolecular Hbond substituents is 2. The zero-order valence-corrected chi connectivity index (χ0v) is 10.2. The number of nitrogens with one attached hydrogen (secondary N) is 1. The van der Waals surface area contributed by atoms with Crippen LogP contribution in [0.2, 0.25) is 0 Å². The molecule has 0 aliphatic carbocycles. The van der Waals surface area contributed by atoms with Crippen molar-refractivity contribution < 1.29 is 15.0 Å². The third-order valence-electron chi connectivity index (χ3n) is 2.81. The quantitative estimate of drug-likeness (QED) is 0.684. The number of aromatic hydroxyl groups is 2. The van der Waals surface area contributed by atoms with Gasteiger partial charge >= 0.3 is 0 Å². The van der Waals surface area contributed by atoms with Crippen LogP contribution >= 0.6 is 0 Å². The summed E-state index contributed by atoms with van der Waals surface area (Å²) >= 11 is 0. The molecule has 0 spiro atoms. The summed E-state index contributed by atoms with van der Waals surface area (Å²) in [4.78, 5) is 11.5. The first kappa shape index (κ1) is 13.4. The molecule has 17 heavy (non-hydrogen) atoms. The summed E-state index contributed by atoms with van der Waals surface area (Å²) in [5.41, 5.74) is 0.879. The molecule has 0 aromatic heterocycles. The number of hydrogen-bond acceptors (Lipinski definition) is 3. The van der Waals surface area contributed by atoms with Gasteiger partial charge in [-0.3, -0.25) is 4.79 Å². The van der Waals surface area contributed by atoms with Crippen molar-refractivity contribution in [1.82, 2.24) is 5.32 Å². The van der Waals surface area contributed by atoms with Crippen LogP contribution in [0.5, 0.6) is 11.5 Å². The van der Waals surface area contributed by atoms with Gasteiger partial charge in [-0.15, -0.1) is 0 Å². The second-order valence-electron chi connectivity index (χ2n) is 4.17. The molecular formula is C13H19NO3. The maximum atomic E-state index is 11.5. The van der Waals surface area contributed by atoms with E-state index in [0.717, 1.165) is 12.0 Å². The highest BCUT2D eigenvalue weighted by Gasteiger charge is 2.09. The van der Waals surface area contributed by atoms with Crippen LogP contribution < -0.4 is 5.32 Å². The van der Waals surface area contributed by atoms with Gasteiger partial charge < -0.3 is 15.5 Å². The number of carbonyl (C=O) groups is 1. The van der Waals surface area contributed by atoms with E-state index in [1.54, 1.807) is 6.07 Å². The minimum absolute atomic E-state index is 0.0308. The average Bonchev–Trinajstić information content (AvgIpc) is 2.32. The van der Waals surface area contributed by atoms with Crippen molar-refractivity contribution in [2.45, 2.75) is 26.7 Å². The molecule has 94 valence electrons. The first-order valence-electron chi connectivity index (χ1n) is 5.83. The smallest absolute Gasteiger partial charge is 0.222 e. The van der Waals surface area contributed by atoms with Crippen LogP contribution in [0.25, 0.3) is 0 Å². The van der Waals surface area contributed by atoms with Crippen LogP contribution in [0.15, 0.2) is 18.2 Å². The number of benzene rings is 1. The zero-order valence-electron chi connectivity index (χ0n) is 10.2. The molecule has 1 amide bonds. The lowest BCUT2D eigenvalue weighted by atomic mass is 10.1. The van der Waals surface area contributed by atoms with Crippen molar-refractivity contribution in [3.63, 3.8) is 0 Å². The Balaban J connectivity index is 2.41. The molecule has 0 radical (unpaired) electrons. The summed E-state index contributed by atoms with van der Waals surface area (Å²) in [7, 11) is 0. The third kappa shape index (κ3) is 3.98. The minimum atomic E-state index is -0.129. The number of carbonyl (C=O) groups excluding carboxylic acids is 1. The van der Waals surface area contributed by atoms with Gasteiger partial charge in [-0.1, -0.05) is 19.9 Å². The lowest BCUT2D eigenvalue weighted by molar-refractivity contribution is -0.124. The van der Waals surface area contributed by atoms with E-state index < -0.39 is 0 Å². The van der Waals surface area contributed by atoms with Crippen molar-refractivity contribution in [2.24, 2.45) is 5.92 Å². The Morgan fingerprint density at radius 1 is 1.35 bits per heavy atom. The van der Waals surface area contributed by atoms with Gasteiger partial charge in [0.15, 0.2) is 11.5 Å². The molecule has 0 saturated heterocycles. The first-order valence-corrected chi connectivity index (χ1v) is 5.83. The molecule has 0 aliphatic heterocycles. The fourth-order valence-electron chi connectivity index (χ4n) is 1.41. The van der Waals surface area contributed by atoms with Crippen LogP contribution in [0.1, 0.15) is 25.8 Å². The minimum Gasteiger partial charge on any atom is -0.504 e. The van der Waals surface area contributed by atoms with Crippen molar-refractivity contribution >= 4 is 5.91 Å². The van der Waals surface area contributed by atoms with E-state index in [1.807, 2.05) is 13.8 Å². The van der Waals surface area contributed by atoms with Crippen molar-refractivity contribution in [1.29, 1.82) is 0 Å².